The van der Waals surface area contributed by atoms with Crippen molar-refractivity contribution in [2.45, 2.75) is 27.3 Å². The van der Waals surface area contributed by atoms with Gasteiger partial charge in [-0.05, 0) is 38.6 Å². The van der Waals surface area contributed by atoms with Crippen LogP contribution in [0.3, 0.4) is 0 Å². The van der Waals surface area contributed by atoms with Gasteiger partial charge in [-0.25, -0.2) is 4.68 Å². The minimum atomic E-state index is -0.383. The highest BCUT2D eigenvalue weighted by molar-refractivity contribution is 7.71. The first-order chi connectivity index (χ1) is 12.4. The molecule has 0 amide bonds. The van der Waals surface area contributed by atoms with Crippen LogP contribution in [0.15, 0.2) is 34.2 Å². The predicted octanol–water partition coefficient (Wildman–Crippen LogP) is 3.01. The third-order valence-electron chi connectivity index (χ3n) is 3.88. The zero-order valence-corrected chi connectivity index (χ0v) is 16.1. The van der Waals surface area contributed by atoms with Gasteiger partial charge in [0.15, 0.2) is 0 Å². The van der Waals surface area contributed by atoms with Crippen LogP contribution < -0.4 is 5.56 Å². The Hall–Kier alpha value is -2.58. The molecule has 1 N–H and O–H groups in total. The molecule has 3 rings (SSSR count). The lowest BCUT2D eigenvalue weighted by Crippen LogP contribution is -2.22. The van der Waals surface area contributed by atoms with Gasteiger partial charge in [-0.3, -0.25) is 9.89 Å². The maximum atomic E-state index is 12.1. The van der Waals surface area contributed by atoms with Gasteiger partial charge in [0.05, 0.1) is 24.0 Å². The Morgan fingerprint density at radius 3 is 2.62 bits per heavy atom. The lowest BCUT2D eigenvalue weighted by Gasteiger charge is -2.04. The molecule has 0 spiro atoms. The van der Waals surface area contributed by atoms with E-state index in [4.69, 9.17) is 23.8 Å². The number of nitrogens with one attached hydrogen (secondary N) is 1. The molecule has 0 radical (unpaired) electrons. The van der Waals surface area contributed by atoms with E-state index in [0.717, 1.165) is 10.2 Å². The Balaban J connectivity index is 1.94. The van der Waals surface area contributed by atoms with Crippen LogP contribution in [-0.2, 0) is 6.54 Å². The molecule has 0 bridgehead atoms. The molecule has 0 saturated heterocycles. The summed E-state index contributed by atoms with van der Waals surface area (Å²) in [5.74, 6) is 0. The highest BCUT2D eigenvalue weighted by Gasteiger charge is 2.12. The first-order valence-corrected chi connectivity index (χ1v) is 8.66. The van der Waals surface area contributed by atoms with Crippen LogP contribution in [0, 0.1) is 25.5 Å². The summed E-state index contributed by atoms with van der Waals surface area (Å²) in [6, 6.07) is 8.16. The number of aromatic amines is 1. The van der Waals surface area contributed by atoms with Crippen LogP contribution >= 0.6 is 23.8 Å². The Kier molecular flexibility index (Phi) is 5.15. The molecule has 0 saturated carbocycles. The number of hydrogen-bond donors (Lipinski definition) is 1. The van der Waals surface area contributed by atoms with Gasteiger partial charge in [0.1, 0.15) is 10.8 Å². The van der Waals surface area contributed by atoms with E-state index in [1.165, 1.54) is 11.8 Å². The Labute approximate surface area is 160 Å². The number of aromatic nitrogens is 5. The number of rotatable bonds is 4. The molecule has 0 unspecified atom stereocenters. The van der Waals surface area contributed by atoms with E-state index in [2.05, 4.69) is 20.4 Å². The van der Waals surface area contributed by atoms with Gasteiger partial charge in [0.25, 0.3) is 5.56 Å². The smallest absolute Gasteiger partial charge is 0.265 e. The molecular weight excluding hydrogens is 372 g/mol. The topological polar surface area (TPSA) is 80.9 Å². The molecule has 0 aliphatic carbocycles. The van der Waals surface area contributed by atoms with Crippen LogP contribution in [0.2, 0.25) is 5.15 Å². The van der Waals surface area contributed by atoms with Gasteiger partial charge in [-0.2, -0.15) is 20.0 Å². The van der Waals surface area contributed by atoms with E-state index in [-0.39, 0.29) is 16.0 Å². The fourth-order valence-corrected chi connectivity index (χ4v) is 2.84. The van der Waals surface area contributed by atoms with Crippen molar-refractivity contribution < 1.29 is 0 Å². The summed E-state index contributed by atoms with van der Waals surface area (Å²) in [4.78, 5) is 12.1. The fourth-order valence-electron chi connectivity index (χ4n) is 2.38. The third-order valence-corrected chi connectivity index (χ3v) is 4.54. The number of halogens is 1. The highest BCUT2D eigenvalue weighted by atomic mass is 35.5. The molecule has 3 aromatic rings. The maximum absolute atomic E-state index is 12.1. The maximum Gasteiger partial charge on any atom is 0.296 e. The highest BCUT2D eigenvalue weighted by Crippen LogP contribution is 2.19. The number of hydrogen-bond acceptors (Lipinski definition) is 5. The van der Waals surface area contributed by atoms with Crippen LogP contribution in [0.25, 0.3) is 0 Å². The van der Waals surface area contributed by atoms with Crippen molar-refractivity contribution in [2.75, 3.05) is 0 Å². The molecule has 9 heteroatoms. The molecule has 2 aromatic heterocycles. The first-order valence-electron chi connectivity index (χ1n) is 7.88. The summed E-state index contributed by atoms with van der Waals surface area (Å²) in [7, 11) is 0. The first kappa shape index (κ1) is 18.2. The normalized spacial score (nSPS) is 11.4. The number of aryl methyl sites for hydroxylation is 3. The lowest BCUT2D eigenvalue weighted by molar-refractivity contribution is 0.680. The molecule has 0 atom stereocenters. The molecule has 0 fully saturated rings. The molecule has 2 heterocycles. The van der Waals surface area contributed by atoms with Crippen LogP contribution in [0.5, 0.6) is 0 Å². The summed E-state index contributed by atoms with van der Waals surface area (Å²) in [6.07, 6.45) is 1.49. The second kappa shape index (κ2) is 7.35. The van der Waals surface area contributed by atoms with E-state index in [9.17, 15) is 4.79 Å². The predicted molar refractivity (Wildman–Crippen MR) is 104 cm³/mol. The van der Waals surface area contributed by atoms with Gasteiger partial charge < -0.3 is 0 Å². The Bertz CT molecular complexity index is 1090. The lowest BCUT2D eigenvalue weighted by atomic mass is 10.1. The van der Waals surface area contributed by atoms with E-state index in [1.807, 2.05) is 38.1 Å². The average molecular weight is 389 g/mol. The van der Waals surface area contributed by atoms with E-state index >= 15 is 0 Å². The Morgan fingerprint density at radius 1 is 1.23 bits per heavy atom. The molecule has 26 heavy (non-hydrogen) atoms. The summed E-state index contributed by atoms with van der Waals surface area (Å²) >= 11 is 11.5. The fraction of sp³-hybridized carbons (Fsp3) is 0.235. The third kappa shape index (κ3) is 3.66. The molecule has 0 aliphatic heterocycles. The van der Waals surface area contributed by atoms with E-state index in [1.54, 1.807) is 11.6 Å². The summed E-state index contributed by atoms with van der Waals surface area (Å²) in [5.41, 5.74) is 3.51. The monoisotopic (exact) mass is 388 g/mol. The van der Waals surface area contributed by atoms with Crippen LogP contribution in [-0.4, -0.2) is 30.9 Å². The van der Waals surface area contributed by atoms with E-state index in [0.29, 0.717) is 23.0 Å². The zero-order valence-electron chi connectivity index (χ0n) is 14.5. The Morgan fingerprint density at radius 2 is 1.92 bits per heavy atom. The van der Waals surface area contributed by atoms with Crippen molar-refractivity contribution in [3.8, 4) is 0 Å². The number of H-pyrrole nitrogens is 1. The number of nitrogens with zero attached hydrogens (tertiary/aromatic N) is 5. The molecule has 1 aromatic carbocycles. The van der Waals surface area contributed by atoms with Crippen molar-refractivity contribution in [3.05, 3.63) is 72.6 Å². The standard InChI is InChI=1S/C17H17ClN6OS/c1-10-4-6-13(7-5-10)9-23-15(18)14(11(2)22-23)8-19-24-16(25)12(3)20-21-17(24)26/h4-8H,9H2,1-3H3,(H,21,26)/b19-8-. The van der Waals surface area contributed by atoms with E-state index < -0.39 is 0 Å². The minimum absolute atomic E-state index is 0.109. The average Bonchev–Trinajstić information content (AvgIpc) is 2.87. The summed E-state index contributed by atoms with van der Waals surface area (Å²) in [6.45, 7) is 6.00. The molecular formula is C17H17ClN6OS. The van der Waals surface area contributed by atoms with Crippen molar-refractivity contribution in [1.82, 2.24) is 24.7 Å². The summed E-state index contributed by atoms with van der Waals surface area (Å²) in [5, 5.41) is 15.4. The second-order valence-electron chi connectivity index (χ2n) is 5.91. The van der Waals surface area contributed by atoms with Crippen LogP contribution in [0.1, 0.15) is 28.1 Å². The van der Waals surface area contributed by atoms with Gasteiger partial charge in [-0.15, -0.1) is 0 Å². The quantitative estimate of drug-likeness (QED) is 0.550. The van der Waals surface area contributed by atoms with Crippen LogP contribution in [0.4, 0.5) is 0 Å². The SMILES string of the molecule is Cc1ccc(Cn2nc(C)c(/C=N\n3c(=S)[nH]nc(C)c3=O)c2Cl)cc1. The largest absolute Gasteiger partial charge is 0.296 e. The van der Waals surface area contributed by atoms with Gasteiger partial charge in [0.2, 0.25) is 4.77 Å². The summed E-state index contributed by atoms with van der Waals surface area (Å²) < 4.78 is 2.88. The molecule has 7 nitrogen and oxygen atoms in total. The number of benzene rings is 1. The van der Waals surface area contributed by atoms with Gasteiger partial charge in [-0.1, -0.05) is 41.4 Å². The second-order valence-corrected chi connectivity index (χ2v) is 6.65. The van der Waals surface area contributed by atoms with Crippen molar-refractivity contribution in [2.24, 2.45) is 5.10 Å². The molecule has 134 valence electrons. The van der Waals surface area contributed by atoms with Crippen molar-refractivity contribution in [1.29, 1.82) is 0 Å². The van der Waals surface area contributed by atoms with Crippen molar-refractivity contribution in [3.63, 3.8) is 0 Å². The van der Waals surface area contributed by atoms with Gasteiger partial charge >= 0.3 is 0 Å². The van der Waals surface area contributed by atoms with Gasteiger partial charge in [0, 0.05) is 0 Å². The zero-order chi connectivity index (χ0) is 18.8. The molecule has 0 aliphatic rings. The minimum Gasteiger partial charge on any atom is -0.265 e. The van der Waals surface area contributed by atoms with Crippen molar-refractivity contribution >= 4 is 30.0 Å².